The average molecular weight is 285 g/mol. The number of unbranched alkanes of at least 4 members (excludes halogenated alkanes) is 2. The van der Waals surface area contributed by atoms with Gasteiger partial charge >= 0.3 is 0 Å². The predicted molar refractivity (Wildman–Crippen MR) is 81.7 cm³/mol. The normalized spacial score (nSPS) is 11.2. The van der Waals surface area contributed by atoms with Crippen molar-refractivity contribution in [1.29, 1.82) is 0 Å². The van der Waals surface area contributed by atoms with E-state index in [1.54, 1.807) is 4.90 Å². The lowest BCUT2D eigenvalue weighted by Crippen LogP contribution is -2.30. The molecule has 0 bridgehead atoms. The highest BCUT2D eigenvalue weighted by atomic mass is 16.5. The zero-order valence-corrected chi connectivity index (χ0v) is 13.8. The SMILES string of the molecule is CC(C)OCCN(C)C(=O)CCCCCC(=O)C(C)C. The summed E-state index contributed by atoms with van der Waals surface area (Å²) in [6, 6.07) is 0. The van der Waals surface area contributed by atoms with E-state index in [0.717, 1.165) is 19.3 Å². The molecular formula is C16H31NO3. The van der Waals surface area contributed by atoms with Crippen LogP contribution in [-0.4, -0.2) is 42.9 Å². The predicted octanol–water partition coefficient (Wildman–Crippen LogP) is 3.05. The van der Waals surface area contributed by atoms with Gasteiger partial charge in [0.05, 0.1) is 12.7 Å². The Bertz CT molecular complexity index is 287. The number of hydrogen-bond acceptors (Lipinski definition) is 3. The molecule has 0 atom stereocenters. The molecule has 0 aromatic rings. The molecule has 4 nitrogen and oxygen atoms in total. The van der Waals surface area contributed by atoms with E-state index in [1.165, 1.54) is 0 Å². The largest absolute Gasteiger partial charge is 0.377 e. The Morgan fingerprint density at radius 1 is 1.00 bits per heavy atom. The van der Waals surface area contributed by atoms with Crippen LogP contribution in [0.15, 0.2) is 0 Å². The zero-order chi connectivity index (χ0) is 15.5. The van der Waals surface area contributed by atoms with Crippen LogP contribution in [0.3, 0.4) is 0 Å². The molecule has 4 heteroatoms. The van der Waals surface area contributed by atoms with E-state index in [0.29, 0.717) is 31.8 Å². The fourth-order valence-corrected chi connectivity index (χ4v) is 1.78. The van der Waals surface area contributed by atoms with Crippen LogP contribution in [0.5, 0.6) is 0 Å². The summed E-state index contributed by atoms with van der Waals surface area (Å²) in [7, 11) is 1.81. The number of ketones is 1. The molecule has 0 aliphatic carbocycles. The summed E-state index contributed by atoms with van der Waals surface area (Å²) in [4.78, 5) is 25.0. The Kier molecular flexibility index (Phi) is 10.3. The van der Waals surface area contributed by atoms with Crippen molar-refractivity contribution in [1.82, 2.24) is 4.90 Å². The minimum absolute atomic E-state index is 0.128. The van der Waals surface area contributed by atoms with Crippen LogP contribution < -0.4 is 0 Å². The first-order valence-electron chi connectivity index (χ1n) is 7.72. The Balaban J connectivity index is 3.59. The highest BCUT2D eigenvalue weighted by Gasteiger charge is 2.09. The number of amides is 1. The third-order valence-electron chi connectivity index (χ3n) is 3.26. The van der Waals surface area contributed by atoms with Gasteiger partial charge in [-0.25, -0.2) is 0 Å². The maximum atomic E-state index is 11.8. The van der Waals surface area contributed by atoms with Gasteiger partial charge in [-0.2, -0.15) is 0 Å². The Morgan fingerprint density at radius 2 is 1.60 bits per heavy atom. The molecule has 0 rings (SSSR count). The highest BCUT2D eigenvalue weighted by molar-refractivity contribution is 5.80. The van der Waals surface area contributed by atoms with Gasteiger partial charge in [0.25, 0.3) is 0 Å². The minimum Gasteiger partial charge on any atom is -0.377 e. The molecule has 0 spiro atoms. The number of likely N-dealkylation sites (N-methyl/N-ethyl adjacent to an activating group) is 1. The Hall–Kier alpha value is -0.900. The van der Waals surface area contributed by atoms with Crippen molar-refractivity contribution in [2.45, 2.75) is 65.9 Å². The van der Waals surface area contributed by atoms with Gasteiger partial charge in [-0.15, -0.1) is 0 Å². The second-order valence-electron chi connectivity index (χ2n) is 5.92. The van der Waals surface area contributed by atoms with Crippen molar-refractivity contribution in [2.75, 3.05) is 20.2 Å². The number of nitrogens with zero attached hydrogens (tertiary/aromatic N) is 1. The molecule has 0 saturated heterocycles. The summed E-state index contributed by atoms with van der Waals surface area (Å²) in [5.74, 6) is 0.607. The van der Waals surface area contributed by atoms with Crippen molar-refractivity contribution in [3.63, 3.8) is 0 Å². The first-order chi connectivity index (χ1) is 9.34. The molecule has 118 valence electrons. The minimum atomic E-state index is 0.128. The van der Waals surface area contributed by atoms with E-state index in [1.807, 2.05) is 34.7 Å². The molecule has 0 saturated carbocycles. The summed E-state index contributed by atoms with van der Waals surface area (Å²) in [5, 5.41) is 0. The first-order valence-corrected chi connectivity index (χ1v) is 7.72. The van der Waals surface area contributed by atoms with Crippen LogP contribution in [0, 0.1) is 5.92 Å². The molecule has 0 heterocycles. The van der Waals surface area contributed by atoms with Crippen LogP contribution in [0.1, 0.15) is 59.8 Å². The van der Waals surface area contributed by atoms with Crippen LogP contribution >= 0.6 is 0 Å². The quantitative estimate of drug-likeness (QED) is 0.548. The summed E-state index contributed by atoms with van der Waals surface area (Å²) < 4.78 is 5.42. The smallest absolute Gasteiger partial charge is 0.222 e. The van der Waals surface area contributed by atoms with E-state index in [2.05, 4.69) is 0 Å². The number of carbonyl (C=O) groups excluding carboxylic acids is 2. The Labute approximate surface area is 123 Å². The average Bonchev–Trinajstić information content (AvgIpc) is 2.36. The first kappa shape index (κ1) is 19.1. The summed E-state index contributed by atoms with van der Waals surface area (Å²) in [6.45, 7) is 9.06. The van der Waals surface area contributed by atoms with Gasteiger partial charge in [0.2, 0.25) is 5.91 Å². The van der Waals surface area contributed by atoms with E-state index in [9.17, 15) is 9.59 Å². The lowest BCUT2D eigenvalue weighted by atomic mass is 10.0. The van der Waals surface area contributed by atoms with Crippen LogP contribution in [0.25, 0.3) is 0 Å². The molecule has 0 aromatic carbocycles. The van der Waals surface area contributed by atoms with Crippen molar-refractivity contribution in [3.8, 4) is 0 Å². The van der Waals surface area contributed by atoms with Gasteiger partial charge in [0.15, 0.2) is 0 Å². The van der Waals surface area contributed by atoms with E-state index >= 15 is 0 Å². The monoisotopic (exact) mass is 285 g/mol. The maximum Gasteiger partial charge on any atom is 0.222 e. The third kappa shape index (κ3) is 9.96. The number of Topliss-reactive ketones (excluding diaryl/α,β-unsaturated/α-hetero) is 1. The Morgan fingerprint density at radius 3 is 2.15 bits per heavy atom. The van der Waals surface area contributed by atoms with Gasteiger partial charge in [0, 0.05) is 32.4 Å². The van der Waals surface area contributed by atoms with Crippen LogP contribution in [0.4, 0.5) is 0 Å². The van der Waals surface area contributed by atoms with Crippen molar-refractivity contribution in [3.05, 3.63) is 0 Å². The number of rotatable bonds is 11. The molecule has 0 radical (unpaired) electrons. The fraction of sp³-hybridized carbons (Fsp3) is 0.875. The topological polar surface area (TPSA) is 46.6 Å². The van der Waals surface area contributed by atoms with E-state index in [4.69, 9.17) is 4.74 Å². The van der Waals surface area contributed by atoms with Gasteiger partial charge in [-0.3, -0.25) is 9.59 Å². The molecule has 0 aliphatic rings. The van der Waals surface area contributed by atoms with Crippen molar-refractivity contribution >= 4 is 11.7 Å². The molecule has 0 fully saturated rings. The van der Waals surface area contributed by atoms with E-state index in [-0.39, 0.29) is 17.9 Å². The molecule has 0 N–H and O–H groups in total. The van der Waals surface area contributed by atoms with Gasteiger partial charge in [-0.1, -0.05) is 20.3 Å². The number of ether oxygens (including phenoxy) is 1. The van der Waals surface area contributed by atoms with Crippen LogP contribution in [-0.2, 0) is 14.3 Å². The molecular weight excluding hydrogens is 254 g/mol. The van der Waals surface area contributed by atoms with E-state index < -0.39 is 0 Å². The van der Waals surface area contributed by atoms with Crippen molar-refractivity contribution < 1.29 is 14.3 Å². The molecule has 0 unspecified atom stereocenters. The molecule has 20 heavy (non-hydrogen) atoms. The molecule has 1 amide bonds. The second-order valence-corrected chi connectivity index (χ2v) is 5.92. The second kappa shape index (κ2) is 10.8. The lowest BCUT2D eigenvalue weighted by molar-refractivity contribution is -0.130. The van der Waals surface area contributed by atoms with Crippen LogP contribution in [0.2, 0.25) is 0 Å². The summed E-state index contributed by atoms with van der Waals surface area (Å²) in [5.41, 5.74) is 0. The van der Waals surface area contributed by atoms with Gasteiger partial charge < -0.3 is 9.64 Å². The highest BCUT2D eigenvalue weighted by Crippen LogP contribution is 2.08. The number of carbonyl (C=O) groups is 2. The summed E-state index contributed by atoms with van der Waals surface area (Å²) >= 11 is 0. The standard InChI is InChI=1S/C16H31NO3/c1-13(2)15(18)9-7-6-8-10-16(19)17(5)11-12-20-14(3)4/h13-14H,6-12H2,1-5H3. The lowest BCUT2D eigenvalue weighted by Gasteiger charge is -2.18. The summed E-state index contributed by atoms with van der Waals surface area (Å²) in [6.07, 6.45) is 4.11. The molecule has 0 aromatic heterocycles. The molecule has 0 aliphatic heterocycles. The third-order valence-corrected chi connectivity index (χ3v) is 3.26. The van der Waals surface area contributed by atoms with Gasteiger partial charge in [-0.05, 0) is 26.7 Å². The number of hydrogen-bond donors (Lipinski definition) is 0. The zero-order valence-electron chi connectivity index (χ0n) is 13.8. The fourth-order valence-electron chi connectivity index (χ4n) is 1.78. The maximum absolute atomic E-state index is 11.8. The van der Waals surface area contributed by atoms with Crippen molar-refractivity contribution in [2.24, 2.45) is 5.92 Å². The van der Waals surface area contributed by atoms with Gasteiger partial charge in [0.1, 0.15) is 5.78 Å².